The summed E-state index contributed by atoms with van der Waals surface area (Å²) in [6.07, 6.45) is 2.51. The topological polar surface area (TPSA) is 86.6 Å². The standard InChI is InChI=1S/C22H23ClN4O3S/c1-14-13-27(9-8-26(14)7-2-3-20(28)29)22(30)15-4-5-16-17(23)12-19(25-18(16)11-15)21-24-6-10-31-21/h4-6,10-12,14H,2-3,7-9,13H2,1H3,(H,28,29)/t14-/m1/s1. The van der Waals surface area contributed by atoms with Crippen LogP contribution in [0.4, 0.5) is 0 Å². The molecule has 1 amide bonds. The zero-order valence-electron chi connectivity index (χ0n) is 17.1. The second-order valence-electron chi connectivity index (χ2n) is 7.69. The van der Waals surface area contributed by atoms with Crippen LogP contribution in [0.2, 0.25) is 5.02 Å². The monoisotopic (exact) mass is 458 g/mol. The Kier molecular flexibility index (Phi) is 6.50. The first-order valence-corrected chi connectivity index (χ1v) is 11.4. The number of hydrogen-bond acceptors (Lipinski definition) is 6. The molecule has 1 atom stereocenters. The van der Waals surface area contributed by atoms with Crippen molar-refractivity contribution in [1.82, 2.24) is 19.8 Å². The van der Waals surface area contributed by atoms with Gasteiger partial charge in [-0.3, -0.25) is 14.5 Å². The number of benzene rings is 1. The van der Waals surface area contributed by atoms with Crippen LogP contribution in [0.1, 0.15) is 30.1 Å². The number of aliphatic carboxylic acids is 1. The van der Waals surface area contributed by atoms with Gasteiger partial charge in [0.25, 0.3) is 5.91 Å². The molecule has 1 saturated heterocycles. The summed E-state index contributed by atoms with van der Waals surface area (Å²) in [6, 6.07) is 7.41. The highest BCUT2D eigenvalue weighted by Crippen LogP contribution is 2.30. The molecule has 0 unspecified atom stereocenters. The van der Waals surface area contributed by atoms with Crippen LogP contribution in [-0.4, -0.2) is 69.0 Å². The molecule has 1 fully saturated rings. The van der Waals surface area contributed by atoms with E-state index in [4.69, 9.17) is 16.7 Å². The van der Waals surface area contributed by atoms with E-state index in [9.17, 15) is 9.59 Å². The Morgan fingerprint density at radius 3 is 2.84 bits per heavy atom. The van der Waals surface area contributed by atoms with E-state index >= 15 is 0 Å². The van der Waals surface area contributed by atoms with Gasteiger partial charge < -0.3 is 10.0 Å². The average molecular weight is 459 g/mol. The number of nitrogens with zero attached hydrogens (tertiary/aromatic N) is 4. The van der Waals surface area contributed by atoms with Crippen LogP contribution in [0, 0.1) is 0 Å². The fourth-order valence-corrected chi connectivity index (χ4v) is 4.77. The number of rotatable bonds is 6. The highest BCUT2D eigenvalue weighted by atomic mass is 35.5. The average Bonchev–Trinajstić information content (AvgIpc) is 3.28. The van der Waals surface area contributed by atoms with Gasteiger partial charge in [0, 0.05) is 54.6 Å². The number of halogens is 1. The Labute approximate surface area is 189 Å². The first kappa shape index (κ1) is 21.7. The van der Waals surface area contributed by atoms with Crippen molar-refractivity contribution in [1.29, 1.82) is 0 Å². The number of amides is 1. The van der Waals surface area contributed by atoms with E-state index in [0.717, 1.165) is 23.5 Å². The Bertz CT molecular complexity index is 1110. The molecule has 1 aromatic carbocycles. The summed E-state index contributed by atoms with van der Waals surface area (Å²) < 4.78 is 0. The molecule has 0 saturated carbocycles. The van der Waals surface area contributed by atoms with Crippen molar-refractivity contribution in [2.45, 2.75) is 25.8 Å². The van der Waals surface area contributed by atoms with E-state index in [2.05, 4.69) is 21.8 Å². The molecule has 9 heteroatoms. The normalized spacial score (nSPS) is 17.2. The zero-order chi connectivity index (χ0) is 22.0. The predicted molar refractivity (Wildman–Crippen MR) is 122 cm³/mol. The number of piperazine rings is 1. The van der Waals surface area contributed by atoms with Crippen molar-refractivity contribution >= 4 is 45.7 Å². The summed E-state index contributed by atoms with van der Waals surface area (Å²) in [6.45, 7) is 4.76. The highest BCUT2D eigenvalue weighted by molar-refractivity contribution is 7.13. The number of hydrogen-bond donors (Lipinski definition) is 1. The van der Waals surface area contributed by atoms with Gasteiger partial charge in [0.1, 0.15) is 10.7 Å². The number of carbonyl (C=O) groups excluding carboxylic acids is 1. The molecule has 2 aromatic heterocycles. The SMILES string of the molecule is C[C@@H]1CN(C(=O)c2ccc3c(Cl)cc(-c4nccs4)nc3c2)CCN1CCCC(=O)O. The molecule has 0 spiro atoms. The number of aromatic nitrogens is 2. The second kappa shape index (κ2) is 9.30. The van der Waals surface area contributed by atoms with Crippen molar-refractivity contribution in [2.24, 2.45) is 0 Å². The van der Waals surface area contributed by atoms with Crippen LogP contribution < -0.4 is 0 Å². The largest absolute Gasteiger partial charge is 0.481 e. The fourth-order valence-electron chi connectivity index (χ4n) is 3.91. The van der Waals surface area contributed by atoms with E-state index in [1.807, 2.05) is 16.3 Å². The molecule has 3 aromatic rings. The van der Waals surface area contributed by atoms with Crippen LogP contribution in [0.25, 0.3) is 21.6 Å². The van der Waals surface area contributed by atoms with E-state index in [0.29, 0.717) is 41.3 Å². The summed E-state index contributed by atoms with van der Waals surface area (Å²) in [5.41, 5.74) is 1.95. The third-order valence-electron chi connectivity index (χ3n) is 5.55. The van der Waals surface area contributed by atoms with Crippen molar-refractivity contribution < 1.29 is 14.7 Å². The number of fused-ring (bicyclic) bond motifs is 1. The molecule has 0 aliphatic carbocycles. The number of pyridine rings is 1. The second-order valence-corrected chi connectivity index (χ2v) is 8.99. The molecule has 162 valence electrons. The summed E-state index contributed by atoms with van der Waals surface area (Å²) in [5.74, 6) is -0.805. The molecule has 0 radical (unpaired) electrons. The van der Waals surface area contributed by atoms with E-state index in [1.54, 1.807) is 24.4 Å². The smallest absolute Gasteiger partial charge is 0.303 e. The lowest BCUT2D eigenvalue weighted by molar-refractivity contribution is -0.137. The lowest BCUT2D eigenvalue weighted by Gasteiger charge is -2.40. The Morgan fingerprint density at radius 2 is 2.13 bits per heavy atom. The van der Waals surface area contributed by atoms with Gasteiger partial charge in [-0.15, -0.1) is 11.3 Å². The van der Waals surface area contributed by atoms with Crippen LogP contribution in [-0.2, 0) is 4.79 Å². The Balaban J connectivity index is 1.49. The number of carboxylic acid groups (broad SMARTS) is 1. The summed E-state index contributed by atoms with van der Waals surface area (Å²) in [5, 5.41) is 12.9. The van der Waals surface area contributed by atoms with Gasteiger partial charge in [0.2, 0.25) is 0 Å². The van der Waals surface area contributed by atoms with E-state index in [1.165, 1.54) is 11.3 Å². The van der Waals surface area contributed by atoms with Crippen LogP contribution >= 0.6 is 22.9 Å². The van der Waals surface area contributed by atoms with Gasteiger partial charge in [-0.25, -0.2) is 9.97 Å². The molecular formula is C22H23ClN4O3S. The Morgan fingerprint density at radius 1 is 1.29 bits per heavy atom. The number of thiazole rings is 1. The molecule has 0 bridgehead atoms. The van der Waals surface area contributed by atoms with E-state index < -0.39 is 5.97 Å². The van der Waals surface area contributed by atoms with E-state index in [-0.39, 0.29) is 18.4 Å². The van der Waals surface area contributed by atoms with Crippen molar-refractivity contribution in [3.8, 4) is 10.7 Å². The van der Waals surface area contributed by atoms with Crippen LogP contribution in [0.5, 0.6) is 0 Å². The minimum absolute atomic E-state index is 0.0310. The number of carbonyl (C=O) groups is 2. The molecule has 7 nitrogen and oxygen atoms in total. The van der Waals surface area contributed by atoms with Gasteiger partial charge in [-0.1, -0.05) is 17.7 Å². The van der Waals surface area contributed by atoms with Gasteiger partial charge in [-0.05, 0) is 38.1 Å². The lowest BCUT2D eigenvalue weighted by Crippen LogP contribution is -2.53. The zero-order valence-corrected chi connectivity index (χ0v) is 18.7. The van der Waals surface area contributed by atoms with Crippen molar-refractivity contribution in [3.63, 3.8) is 0 Å². The first-order chi connectivity index (χ1) is 14.9. The summed E-state index contributed by atoms with van der Waals surface area (Å²) in [4.78, 5) is 37.0. The highest BCUT2D eigenvalue weighted by Gasteiger charge is 2.27. The quantitative estimate of drug-likeness (QED) is 0.600. The maximum Gasteiger partial charge on any atom is 0.303 e. The van der Waals surface area contributed by atoms with Gasteiger partial charge in [-0.2, -0.15) is 0 Å². The van der Waals surface area contributed by atoms with Crippen molar-refractivity contribution in [2.75, 3.05) is 26.2 Å². The minimum atomic E-state index is -0.774. The van der Waals surface area contributed by atoms with Crippen LogP contribution in [0.3, 0.4) is 0 Å². The summed E-state index contributed by atoms with van der Waals surface area (Å²) in [7, 11) is 0. The molecule has 3 heterocycles. The predicted octanol–water partition coefficient (Wildman–Crippen LogP) is 4.02. The number of carboxylic acids is 1. The maximum atomic E-state index is 13.2. The third kappa shape index (κ3) is 4.87. The maximum absolute atomic E-state index is 13.2. The molecule has 31 heavy (non-hydrogen) atoms. The van der Waals surface area contributed by atoms with Crippen LogP contribution in [0.15, 0.2) is 35.8 Å². The Hall–Kier alpha value is -2.55. The minimum Gasteiger partial charge on any atom is -0.481 e. The lowest BCUT2D eigenvalue weighted by atomic mass is 10.1. The molecule has 1 N–H and O–H groups in total. The molecule has 1 aliphatic rings. The molecular weight excluding hydrogens is 436 g/mol. The fraction of sp³-hybridized carbons (Fsp3) is 0.364. The van der Waals surface area contributed by atoms with Gasteiger partial charge in [0.15, 0.2) is 0 Å². The van der Waals surface area contributed by atoms with Gasteiger partial charge in [0.05, 0.1) is 10.5 Å². The first-order valence-electron chi connectivity index (χ1n) is 10.2. The summed E-state index contributed by atoms with van der Waals surface area (Å²) >= 11 is 7.94. The van der Waals surface area contributed by atoms with Gasteiger partial charge >= 0.3 is 5.97 Å². The molecule has 4 rings (SSSR count). The third-order valence-corrected chi connectivity index (χ3v) is 6.65. The van der Waals surface area contributed by atoms with Crippen molar-refractivity contribution in [3.05, 3.63) is 46.4 Å². The molecule has 1 aliphatic heterocycles.